The third-order valence-electron chi connectivity index (χ3n) is 3.71. The molecule has 1 atom stereocenters. The highest BCUT2D eigenvalue weighted by Crippen LogP contribution is 2.39. The van der Waals surface area contributed by atoms with Crippen LogP contribution in [0.25, 0.3) is 0 Å². The Labute approximate surface area is 124 Å². The standard InChI is InChI=1S/C14H12F3N3O2/c1-20(11-5-4-9(6-18-11)14(15,16)17)7-10(13(21)22)12(19-20)8-2-3-8/h4-8H,2-3H2,1H3/p+1. The number of carboxylic acids is 1. The molecule has 0 spiro atoms. The van der Waals surface area contributed by atoms with E-state index in [1.165, 1.54) is 12.3 Å². The van der Waals surface area contributed by atoms with E-state index < -0.39 is 17.7 Å². The first-order valence-corrected chi connectivity index (χ1v) is 6.67. The largest absolute Gasteiger partial charge is 0.477 e. The van der Waals surface area contributed by atoms with Gasteiger partial charge >= 0.3 is 12.1 Å². The number of rotatable bonds is 3. The monoisotopic (exact) mass is 312 g/mol. The zero-order valence-corrected chi connectivity index (χ0v) is 11.6. The van der Waals surface area contributed by atoms with Crippen LogP contribution in [-0.4, -0.2) is 28.8 Å². The normalized spacial score (nSPS) is 24.9. The summed E-state index contributed by atoms with van der Waals surface area (Å²) in [7, 11) is 1.59. The number of hydrogen-bond donors (Lipinski definition) is 1. The van der Waals surface area contributed by atoms with E-state index in [1.54, 1.807) is 7.05 Å². The van der Waals surface area contributed by atoms with E-state index in [2.05, 4.69) is 10.1 Å². The highest BCUT2D eigenvalue weighted by atomic mass is 19.4. The molecule has 2 aliphatic rings. The molecule has 1 aliphatic carbocycles. The van der Waals surface area contributed by atoms with Crippen molar-refractivity contribution in [2.75, 3.05) is 7.05 Å². The summed E-state index contributed by atoms with van der Waals surface area (Å²) in [5.74, 6) is -0.724. The number of quaternary nitrogens is 1. The van der Waals surface area contributed by atoms with Crippen LogP contribution in [0.5, 0.6) is 0 Å². The highest BCUT2D eigenvalue weighted by molar-refractivity contribution is 6.22. The topological polar surface area (TPSA) is 62.5 Å². The first-order valence-electron chi connectivity index (χ1n) is 6.67. The second-order valence-electron chi connectivity index (χ2n) is 5.54. The molecule has 1 aliphatic heterocycles. The maximum Gasteiger partial charge on any atom is 0.417 e. The van der Waals surface area contributed by atoms with Gasteiger partial charge in [0.25, 0.3) is 5.82 Å². The van der Waals surface area contributed by atoms with E-state index >= 15 is 0 Å². The van der Waals surface area contributed by atoms with Crippen LogP contribution in [0, 0.1) is 5.92 Å². The Morgan fingerprint density at radius 1 is 1.36 bits per heavy atom. The Hall–Kier alpha value is -2.22. The SMILES string of the molecule is C[N+]1(c2ccc(C(F)(F)F)cn2)C=C(C(=O)O)C(C2CC2)=N1. The average molecular weight is 312 g/mol. The Kier molecular flexibility index (Phi) is 3.10. The number of aliphatic carboxylic acids is 1. The molecule has 3 rings (SSSR count). The molecule has 1 N–H and O–H groups in total. The number of hydrogen-bond acceptors (Lipinski definition) is 3. The molecule has 2 heterocycles. The molecule has 5 nitrogen and oxygen atoms in total. The van der Waals surface area contributed by atoms with E-state index in [9.17, 15) is 23.1 Å². The lowest BCUT2D eigenvalue weighted by molar-refractivity contribution is -0.138. The lowest BCUT2D eigenvalue weighted by atomic mass is 10.1. The first-order chi connectivity index (χ1) is 10.2. The molecule has 1 saturated carbocycles. The number of carbonyl (C=O) groups is 1. The molecule has 0 bridgehead atoms. The van der Waals surface area contributed by atoms with Crippen LogP contribution in [0.4, 0.5) is 19.0 Å². The summed E-state index contributed by atoms with van der Waals surface area (Å²) in [5, 5.41) is 13.6. The van der Waals surface area contributed by atoms with E-state index in [1.807, 2.05) is 0 Å². The molecule has 0 saturated heterocycles. The van der Waals surface area contributed by atoms with Gasteiger partial charge in [0, 0.05) is 18.2 Å². The third-order valence-corrected chi connectivity index (χ3v) is 3.71. The van der Waals surface area contributed by atoms with Crippen molar-refractivity contribution in [3.05, 3.63) is 35.7 Å². The lowest BCUT2D eigenvalue weighted by Crippen LogP contribution is -2.32. The maximum atomic E-state index is 12.6. The smallest absolute Gasteiger partial charge is 0.417 e. The molecule has 1 fully saturated rings. The Morgan fingerprint density at radius 3 is 2.50 bits per heavy atom. The van der Waals surface area contributed by atoms with Gasteiger partial charge in [-0.25, -0.2) is 9.78 Å². The van der Waals surface area contributed by atoms with E-state index in [-0.39, 0.29) is 21.9 Å². The Balaban J connectivity index is 1.98. The molecule has 1 aromatic rings. The minimum absolute atomic E-state index is 0.103. The van der Waals surface area contributed by atoms with E-state index in [0.717, 1.165) is 25.1 Å². The van der Waals surface area contributed by atoms with Gasteiger partial charge in [0.15, 0.2) is 0 Å². The van der Waals surface area contributed by atoms with E-state index in [4.69, 9.17) is 0 Å². The number of alkyl halides is 3. The molecule has 1 aromatic heterocycles. The van der Waals surface area contributed by atoms with Gasteiger partial charge in [-0.05, 0) is 18.9 Å². The van der Waals surface area contributed by atoms with E-state index in [0.29, 0.717) is 5.71 Å². The fourth-order valence-corrected chi connectivity index (χ4v) is 2.39. The molecule has 0 aromatic carbocycles. The van der Waals surface area contributed by atoms with Gasteiger partial charge in [0.1, 0.15) is 24.5 Å². The minimum atomic E-state index is -4.46. The van der Waals surface area contributed by atoms with Crippen molar-refractivity contribution in [2.24, 2.45) is 11.0 Å². The molecule has 0 radical (unpaired) electrons. The zero-order chi connectivity index (χ0) is 16.1. The van der Waals surface area contributed by atoms with Crippen LogP contribution in [-0.2, 0) is 11.0 Å². The molecule has 0 amide bonds. The average Bonchev–Trinajstić information content (AvgIpc) is 3.21. The van der Waals surface area contributed by atoms with Gasteiger partial charge in [0.2, 0.25) is 0 Å². The zero-order valence-electron chi connectivity index (χ0n) is 11.6. The Bertz CT molecular complexity index is 690. The fraction of sp³-hybridized carbons (Fsp3) is 0.357. The van der Waals surface area contributed by atoms with Gasteiger partial charge in [0.05, 0.1) is 5.56 Å². The molecule has 8 heteroatoms. The third kappa shape index (κ3) is 2.50. The second-order valence-corrected chi connectivity index (χ2v) is 5.54. The van der Waals surface area contributed by atoms with Gasteiger partial charge < -0.3 is 5.11 Å². The summed E-state index contributed by atoms with van der Waals surface area (Å²) in [6, 6.07) is 2.14. The summed E-state index contributed by atoms with van der Waals surface area (Å²) in [6.07, 6.45) is -0.559. The van der Waals surface area contributed by atoms with Crippen LogP contribution in [0.1, 0.15) is 18.4 Å². The number of halogens is 3. The molecule has 116 valence electrons. The molecular weight excluding hydrogens is 299 g/mol. The van der Waals surface area contributed by atoms with Gasteiger partial charge in [-0.15, -0.1) is 4.59 Å². The quantitative estimate of drug-likeness (QED) is 0.873. The lowest BCUT2D eigenvalue weighted by Gasteiger charge is -2.18. The van der Waals surface area contributed by atoms with Crippen molar-refractivity contribution in [3.63, 3.8) is 0 Å². The van der Waals surface area contributed by atoms with Crippen LogP contribution in [0.15, 0.2) is 35.2 Å². The fourth-order valence-electron chi connectivity index (χ4n) is 2.39. The van der Waals surface area contributed by atoms with Crippen LogP contribution < -0.4 is 4.59 Å². The summed E-state index contributed by atoms with van der Waals surface area (Å²) in [4.78, 5) is 15.1. The second kappa shape index (κ2) is 4.64. The highest BCUT2D eigenvalue weighted by Gasteiger charge is 2.44. The summed E-state index contributed by atoms with van der Waals surface area (Å²) in [5.41, 5.74) is -0.251. The Morgan fingerprint density at radius 2 is 2.05 bits per heavy atom. The van der Waals surface area contributed by atoms with Crippen LogP contribution >= 0.6 is 0 Å². The van der Waals surface area contributed by atoms with Crippen LogP contribution in [0.2, 0.25) is 0 Å². The van der Waals surface area contributed by atoms with Crippen molar-refractivity contribution in [3.8, 4) is 0 Å². The molecule has 22 heavy (non-hydrogen) atoms. The first kappa shape index (κ1) is 14.7. The number of aromatic nitrogens is 1. The van der Waals surface area contributed by atoms with Crippen molar-refractivity contribution >= 4 is 17.5 Å². The number of pyridine rings is 1. The number of carboxylic acid groups (broad SMARTS) is 1. The predicted molar refractivity (Wildman–Crippen MR) is 72.8 cm³/mol. The van der Waals surface area contributed by atoms with Gasteiger partial charge in [-0.1, -0.05) is 5.10 Å². The van der Waals surface area contributed by atoms with Crippen molar-refractivity contribution in [1.29, 1.82) is 0 Å². The summed E-state index contributed by atoms with van der Waals surface area (Å²) in [6.45, 7) is 0. The van der Waals surface area contributed by atoms with Gasteiger partial charge in [-0.2, -0.15) is 13.2 Å². The predicted octanol–water partition coefficient (Wildman–Crippen LogP) is 2.79. The van der Waals surface area contributed by atoms with Crippen molar-refractivity contribution < 1.29 is 23.1 Å². The molecular formula is C14H13F3N3O2+. The van der Waals surface area contributed by atoms with Crippen molar-refractivity contribution in [1.82, 2.24) is 9.58 Å². The summed E-state index contributed by atoms with van der Waals surface area (Å²) < 4.78 is 37.4. The van der Waals surface area contributed by atoms with Gasteiger partial charge in [-0.3, -0.25) is 0 Å². The van der Waals surface area contributed by atoms with Crippen LogP contribution in [0.3, 0.4) is 0 Å². The molecule has 1 unspecified atom stereocenters. The summed E-state index contributed by atoms with van der Waals surface area (Å²) >= 11 is 0. The van der Waals surface area contributed by atoms with Crippen molar-refractivity contribution in [2.45, 2.75) is 19.0 Å². The minimum Gasteiger partial charge on any atom is -0.477 e. The maximum absolute atomic E-state index is 12.6. The number of nitrogens with zero attached hydrogens (tertiary/aromatic N) is 3.